The van der Waals surface area contributed by atoms with E-state index in [-0.39, 0.29) is 12.1 Å². The molecule has 0 aliphatic rings. The van der Waals surface area contributed by atoms with Crippen LogP contribution in [0.25, 0.3) is 0 Å². The van der Waals surface area contributed by atoms with Crippen molar-refractivity contribution in [3.05, 3.63) is 23.3 Å². The zero-order chi connectivity index (χ0) is 13.5. The molecule has 2 N–H and O–H groups in total. The maximum Gasteiger partial charge on any atom is 0.157 e. The number of ether oxygens (including phenoxy) is 1. The van der Waals surface area contributed by atoms with Crippen molar-refractivity contribution in [2.24, 2.45) is 5.73 Å². The van der Waals surface area contributed by atoms with E-state index in [1.165, 1.54) is 0 Å². The SMILES string of the molecule is CCCC(OCC)c1nc(C)cc(CC(C)N)n1. The maximum atomic E-state index is 5.83. The highest BCUT2D eigenvalue weighted by atomic mass is 16.5. The average Bonchev–Trinajstić information content (AvgIpc) is 2.27. The Labute approximate surface area is 110 Å². The molecule has 2 unspecified atom stereocenters. The highest BCUT2D eigenvalue weighted by Crippen LogP contribution is 2.20. The predicted molar refractivity (Wildman–Crippen MR) is 73.4 cm³/mol. The van der Waals surface area contributed by atoms with E-state index in [9.17, 15) is 0 Å². The summed E-state index contributed by atoms with van der Waals surface area (Å²) >= 11 is 0. The maximum absolute atomic E-state index is 5.83. The van der Waals surface area contributed by atoms with Gasteiger partial charge in [0.15, 0.2) is 5.82 Å². The summed E-state index contributed by atoms with van der Waals surface area (Å²) < 4.78 is 5.73. The van der Waals surface area contributed by atoms with Crippen molar-refractivity contribution < 1.29 is 4.74 Å². The third kappa shape index (κ3) is 4.70. The summed E-state index contributed by atoms with van der Waals surface area (Å²) in [7, 11) is 0. The van der Waals surface area contributed by atoms with Crippen molar-refractivity contribution in [3.63, 3.8) is 0 Å². The molecule has 4 nitrogen and oxygen atoms in total. The molecule has 0 amide bonds. The van der Waals surface area contributed by atoms with E-state index in [4.69, 9.17) is 10.5 Å². The molecule has 0 radical (unpaired) electrons. The average molecular weight is 251 g/mol. The molecule has 0 saturated heterocycles. The lowest BCUT2D eigenvalue weighted by atomic mass is 10.1. The Morgan fingerprint density at radius 3 is 2.61 bits per heavy atom. The van der Waals surface area contributed by atoms with Gasteiger partial charge in [-0.25, -0.2) is 9.97 Å². The molecule has 18 heavy (non-hydrogen) atoms. The minimum atomic E-state index is 0.00623. The first-order valence-corrected chi connectivity index (χ1v) is 6.78. The van der Waals surface area contributed by atoms with E-state index in [1.54, 1.807) is 0 Å². The third-order valence-electron chi connectivity index (χ3n) is 2.66. The van der Waals surface area contributed by atoms with Crippen molar-refractivity contribution in [1.29, 1.82) is 0 Å². The molecular formula is C14H25N3O. The fraction of sp³-hybridized carbons (Fsp3) is 0.714. The lowest BCUT2D eigenvalue weighted by molar-refractivity contribution is 0.0491. The molecule has 102 valence electrons. The van der Waals surface area contributed by atoms with Crippen LogP contribution < -0.4 is 5.73 Å². The molecule has 1 aromatic heterocycles. The van der Waals surface area contributed by atoms with Crippen molar-refractivity contribution in [2.75, 3.05) is 6.61 Å². The van der Waals surface area contributed by atoms with Gasteiger partial charge in [-0.05, 0) is 33.3 Å². The van der Waals surface area contributed by atoms with Crippen molar-refractivity contribution >= 4 is 0 Å². The standard InChI is InChI=1S/C14H25N3O/c1-5-7-13(18-6-2)14-16-11(4)9-12(17-14)8-10(3)15/h9-10,13H,5-8,15H2,1-4H3. The summed E-state index contributed by atoms with van der Waals surface area (Å²) in [6.07, 6.45) is 2.80. The van der Waals surface area contributed by atoms with Gasteiger partial charge in [0.25, 0.3) is 0 Å². The zero-order valence-corrected chi connectivity index (χ0v) is 11.9. The Kier molecular flexibility index (Phi) is 6.22. The van der Waals surface area contributed by atoms with Crippen LogP contribution in [-0.4, -0.2) is 22.6 Å². The zero-order valence-electron chi connectivity index (χ0n) is 11.9. The fourth-order valence-electron chi connectivity index (χ4n) is 1.99. The molecule has 1 rings (SSSR count). The van der Waals surface area contributed by atoms with Crippen molar-refractivity contribution in [2.45, 2.75) is 59.1 Å². The van der Waals surface area contributed by atoms with Gasteiger partial charge in [-0.1, -0.05) is 13.3 Å². The van der Waals surface area contributed by atoms with E-state index >= 15 is 0 Å². The van der Waals surface area contributed by atoms with Crippen LogP contribution in [0.2, 0.25) is 0 Å². The summed E-state index contributed by atoms with van der Waals surface area (Å²) in [4.78, 5) is 9.10. The van der Waals surface area contributed by atoms with Gasteiger partial charge in [-0.2, -0.15) is 0 Å². The van der Waals surface area contributed by atoms with Crippen LogP contribution >= 0.6 is 0 Å². The highest BCUT2D eigenvalue weighted by molar-refractivity contribution is 5.12. The Morgan fingerprint density at radius 2 is 2.06 bits per heavy atom. The van der Waals surface area contributed by atoms with Crippen LogP contribution in [0.4, 0.5) is 0 Å². The summed E-state index contributed by atoms with van der Waals surface area (Å²) in [6.45, 7) is 8.81. The molecule has 1 heterocycles. The molecule has 0 fully saturated rings. The number of rotatable bonds is 7. The minimum absolute atomic E-state index is 0.00623. The second kappa shape index (κ2) is 7.44. The van der Waals surface area contributed by atoms with Gasteiger partial charge in [0.05, 0.1) is 0 Å². The molecule has 0 spiro atoms. The second-order valence-corrected chi connectivity index (χ2v) is 4.77. The summed E-state index contributed by atoms with van der Waals surface area (Å²) in [5.74, 6) is 0.800. The van der Waals surface area contributed by atoms with Gasteiger partial charge in [0.1, 0.15) is 6.10 Å². The number of hydrogen-bond acceptors (Lipinski definition) is 4. The first-order chi connectivity index (χ1) is 8.56. The molecule has 0 aromatic carbocycles. The Balaban J connectivity index is 2.94. The van der Waals surface area contributed by atoms with Crippen LogP contribution in [0.15, 0.2) is 6.07 Å². The smallest absolute Gasteiger partial charge is 0.157 e. The first-order valence-electron chi connectivity index (χ1n) is 6.78. The number of aryl methyl sites for hydroxylation is 1. The summed E-state index contributed by atoms with van der Waals surface area (Å²) in [5, 5.41) is 0. The lowest BCUT2D eigenvalue weighted by Crippen LogP contribution is -2.20. The Morgan fingerprint density at radius 1 is 1.33 bits per heavy atom. The molecule has 1 aromatic rings. The molecule has 0 aliphatic carbocycles. The van der Waals surface area contributed by atoms with Gasteiger partial charge in [0, 0.05) is 30.5 Å². The summed E-state index contributed by atoms with van der Waals surface area (Å²) in [5.41, 5.74) is 7.82. The van der Waals surface area contributed by atoms with Gasteiger partial charge in [-0.3, -0.25) is 0 Å². The van der Waals surface area contributed by atoms with Crippen LogP contribution in [0.3, 0.4) is 0 Å². The minimum Gasteiger partial charge on any atom is -0.371 e. The Hall–Kier alpha value is -1.00. The summed E-state index contributed by atoms with van der Waals surface area (Å²) in [6, 6.07) is 2.12. The number of hydrogen-bond donors (Lipinski definition) is 1. The van der Waals surface area contributed by atoms with Crippen LogP contribution in [-0.2, 0) is 11.2 Å². The first kappa shape index (κ1) is 15.1. The van der Waals surface area contributed by atoms with E-state index in [0.29, 0.717) is 6.61 Å². The fourth-order valence-corrected chi connectivity index (χ4v) is 1.99. The molecule has 0 saturated carbocycles. The lowest BCUT2D eigenvalue weighted by Gasteiger charge is -2.16. The van der Waals surface area contributed by atoms with Gasteiger partial charge in [-0.15, -0.1) is 0 Å². The largest absolute Gasteiger partial charge is 0.371 e. The monoisotopic (exact) mass is 251 g/mol. The van der Waals surface area contributed by atoms with Crippen LogP contribution in [0.5, 0.6) is 0 Å². The van der Waals surface area contributed by atoms with Gasteiger partial charge >= 0.3 is 0 Å². The number of nitrogens with zero attached hydrogens (tertiary/aromatic N) is 2. The van der Waals surface area contributed by atoms with E-state index in [2.05, 4.69) is 16.9 Å². The number of nitrogens with two attached hydrogens (primary N) is 1. The normalized spacial score (nSPS) is 14.5. The molecule has 4 heteroatoms. The highest BCUT2D eigenvalue weighted by Gasteiger charge is 2.15. The van der Waals surface area contributed by atoms with Gasteiger partial charge in [0.2, 0.25) is 0 Å². The predicted octanol–water partition coefficient (Wildman–Crippen LogP) is 2.55. The Bertz CT molecular complexity index is 360. The molecule has 2 atom stereocenters. The van der Waals surface area contributed by atoms with Crippen LogP contribution in [0, 0.1) is 6.92 Å². The quantitative estimate of drug-likeness (QED) is 0.809. The molecular weight excluding hydrogens is 226 g/mol. The topological polar surface area (TPSA) is 61.0 Å². The van der Waals surface area contributed by atoms with Crippen molar-refractivity contribution in [3.8, 4) is 0 Å². The number of aromatic nitrogens is 2. The third-order valence-corrected chi connectivity index (χ3v) is 2.66. The van der Waals surface area contributed by atoms with Crippen LogP contribution in [0.1, 0.15) is 56.9 Å². The van der Waals surface area contributed by atoms with E-state index in [0.717, 1.165) is 36.5 Å². The van der Waals surface area contributed by atoms with E-state index < -0.39 is 0 Å². The molecule has 0 aliphatic heterocycles. The second-order valence-electron chi connectivity index (χ2n) is 4.77. The van der Waals surface area contributed by atoms with Crippen molar-refractivity contribution in [1.82, 2.24) is 9.97 Å². The van der Waals surface area contributed by atoms with Gasteiger partial charge < -0.3 is 10.5 Å². The molecule has 0 bridgehead atoms. The van der Waals surface area contributed by atoms with E-state index in [1.807, 2.05) is 26.8 Å².